The molecule has 1 saturated heterocycles. The molecule has 1 unspecified atom stereocenters. The Hall–Kier alpha value is -3.62. The first-order valence-corrected chi connectivity index (χ1v) is 15.3. The third kappa shape index (κ3) is 6.82. The number of nitrogens with zero attached hydrogens (tertiary/aromatic N) is 5. The fraction of sp³-hybridized carbons (Fsp3) is 0.312. The number of aromatic nitrogens is 3. The van der Waals surface area contributed by atoms with Gasteiger partial charge in [0.1, 0.15) is 0 Å². The highest BCUT2D eigenvalue weighted by molar-refractivity contribution is 7.99. The molecule has 7 nitrogen and oxygen atoms in total. The van der Waals surface area contributed by atoms with Crippen molar-refractivity contribution in [1.29, 1.82) is 0 Å². The molecule has 0 radical (unpaired) electrons. The molecule has 1 aliphatic heterocycles. The summed E-state index contributed by atoms with van der Waals surface area (Å²) in [6.45, 7) is 5.63. The molecule has 1 atom stereocenters. The van der Waals surface area contributed by atoms with E-state index in [-0.39, 0.29) is 17.9 Å². The number of hydrogen-bond acceptors (Lipinski definition) is 5. The fourth-order valence-electron chi connectivity index (χ4n) is 5.04. The van der Waals surface area contributed by atoms with Gasteiger partial charge >= 0.3 is 0 Å². The molecule has 1 fully saturated rings. The summed E-state index contributed by atoms with van der Waals surface area (Å²) in [5, 5.41) is 10.3. The highest BCUT2D eigenvalue weighted by atomic mass is 35.5. The summed E-state index contributed by atoms with van der Waals surface area (Å²) in [7, 11) is 0. The number of thioether (sulfide) groups is 1. The molecule has 0 spiro atoms. The van der Waals surface area contributed by atoms with Gasteiger partial charge in [-0.15, -0.1) is 10.2 Å². The van der Waals surface area contributed by atoms with Crippen molar-refractivity contribution in [2.24, 2.45) is 0 Å². The minimum atomic E-state index is -0.0823. The maximum Gasteiger partial charge on any atom is 0.255 e. The number of amides is 2. The summed E-state index contributed by atoms with van der Waals surface area (Å²) in [6.07, 6.45) is 2.17. The molecule has 0 N–H and O–H groups in total. The first-order valence-electron chi connectivity index (χ1n) is 14.0. The lowest BCUT2D eigenvalue weighted by Crippen LogP contribution is -2.55. The normalized spacial score (nSPS) is 15.2. The van der Waals surface area contributed by atoms with Crippen molar-refractivity contribution in [3.05, 3.63) is 95.0 Å². The average molecular weight is 588 g/mol. The summed E-state index contributed by atoms with van der Waals surface area (Å²) in [5.74, 6) is 1.71. The van der Waals surface area contributed by atoms with Gasteiger partial charge in [0, 0.05) is 49.1 Å². The summed E-state index contributed by atoms with van der Waals surface area (Å²) >= 11 is 7.90. The van der Waals surface area contributed by atoms with E-state index in [0.717, 1.165) is 40.8 Å². The number of hydrogen-bond donors (Lipinski definition) is 0. The van der Waals surface area contributed by atoms with Gasteiger partial charge in [-0.25, -0.2) is 0 Å². The number of benzene rings is 3. The van der Waals surface area contributed by atoms with E-state index in [1.807, 2.05) is 47.1 Å². The van der Waals surface area contributed by atoms with Gasteiger partial charge in [-0.1, -0.05) is 83.5 Å². The second kappa shape index (κ2) is 13.4. The zero-order valence-electron chi connectivity index (χ0n) is 23.4. The van der Waals surface area contributed by atoms with Crippen LogP contribution in [-0.4, -0.2) is 67.8 Å². The summed E-state index contributed by atoms with van der Waals surface area (Å²) in [4.78, 5) is 29.7. The van der Waals surface area contributed by atoms with E-state index in [9.17, 15) is 9.59 Å². The van der Waals surface area contributed by atoms with Crippen molar-refractivity contribution in [1.82, 2.24) is 24.6 Å². The first kappa shape index (κ1) is 28.9. The van der Waals surface area contributed by atoms with Gasteiger partial charge < -0.3 is 9.80 Å². The number of carbonyl (C=O) groups excluding carboxylic acids is 2. The lowest BCUT2D eigenvalue weighted by molar-refractivity contribution is -0.133. The molecule has 41 heavy (non-hydrogen) atoms. The molecule has 9 heteroatoms. The van der Waals surface area contributed by atoms with Gasteiger partial charge in [0.25, 0.3) is 5.91 Å². The molecule has 0 bridgehead atoms. The molecule has 0 aliphatic carbocycles. The lowest BCUT2D eigenvalue weighted by atomic mass is 10.1. The maximum atomic E-state index is 13.0. The Kier molecular flexibility index (Phi) is 9.42. The summed E-state index contributed by atoms with van der Waals surface area (Å²) in [6, 6.07) is 25.5. The van der Waals surface area contributed by atoms with E-state index in [1.54, 1.807) is 23.9 Å². The van der Waals surface area contributed by atoms with Crippen LogP contribution in [0.5, 0.6) is 0 Å². The lowest BCUT2D eigenvalue weighted by Gasteiger charge is -2.40. The Balaban J connectivity index is 1.13. The minimum absolute atomic E-state index is 0.0703. The molecule has 4 aromatic rings. The van der Waals surface area contributed by atoms with Crippen LogP contribution in [-0.2, 0) is 4.79 Å². The van der Waals surface area contributed by atoms with Crippen molar-refractivity contribution in [3.8, 4) is 17.1 Å². The average Bonchev–Trinajstić information content (AvgIpc) is 3.41. The topological polar surface area (TPSA) is 71.3 Å². The smallest absolute Gasteiger partial charge is 0.255 e. The molecular formula is C32H34ClN5O2S. The van der Waals surface area contributed by atoms with Gasteiger partial charge in [0.15, 0.2) is 11.0 Å². The van der Waals surface area contributed by atoms with Crippen molar-refractivity contribution in [3.63, 3.8) is 0 Å². The second-order valence-corrected chi connectivity index (χ2v) is 11.8. The number of piperazine rings is 1. The minimum Gasteiger partial charge on any atom is -0.339 e. The molecule has 0 saturated carbocycles. The zero-order valence-corrected chi connectivity index (χ0v) is 24.9. The van der Waals surface area contributed by atoms with Crippen LogP contribution in [0.4, 0.5) is 0 Å². The number of rotatable bonds is 9. The monoisotopic (exact) mass is 587 g/mol. The molecule has 5 rings (SSSR count). The van der Waals surface area contributed by atoms with Crippen LogP contribution in [0.15, 0.2) is 84.0 Å². The van der Waals surface area contributed by atoms with E-state index in [4.69, 9.17) is 11.6 Å². The van der Waals surface area contributed by atoms with E-state index in [1.165, 1.54) is 5.56 Å². The Morgan fingerprint density at radius 1 is 0.927 bits per heavy atom. The van der Waals surface area contributed by atoms with Gasteiger partial charge in [0.2, 0.25) is 5.91 Å². The van der Waals surface area contributed by atoms with E-state index in [0.29, 0.717) is 36.6 Å². The first-order chi connectivity index (χ1) is 19.9. The Morgan fingerprint density at radius 3 is 2.39 bits per heavy atom. The van der Waals surface area contributed by atoms with Crippen LogP contribution in [0.1, 0.15) is 42.1 Å². The van der Waals surface area contributed by atoms with Gasteiger partial charge in [-0.05, 0) is 51.0 Å². The Bertz CT molecular complexity index is 1490. The number of carbonyl (C=O) groups is 2. The zero-order chi connectivity index (χ0) is 28.8. The summed E-state index contributed by atoms with van der Waals surface area (Å²) < 4.78 is 2.10. The van der Waals surface area contributed by atoms with Crippen LogP contribution in [0.2, 0.25) is 5.02 Å². The van der Waals surface area contributed by atoms with Crippen molar-refractivity contribution < 1.29 is 9.59 Å². The number of para-hydroxylation sites is 1. The quantitative estimate of drug-likeness (QED) is 0.164. The maximum absolute atomic E-state index is 13.0. The molecule has 1 aromatic heterocycles. The van der Waals surface area contributed by atoms with Crippen molar-refractivity contribution in [2.75, 3.05) is 25.4 Å². The van der Waals surface area contributed by atoms with Crippen molar-refractivity contribution in [2.45, 2.75) is 44.3 Å². The van der Waals surface area contributed by atoms with Gasteiger partial charge in [-0.3, -0.25) is 14.2 Å². The van der Waals surface area contributed by atoms with Crippen LogP contribution in [0.3, 0.4) is 0 Å². The highest BCUT2D eigenvalue weighted by Crippen LogP contribution is 2.29. The Morgan fingerprint density at radius 2 is 1.66 bits per heavy atom. The van der Waals surface area contributed by atoms with Gasteiger partial charge in [0.05, 0.1) is 10.6 Å². The third-order valence-electron chi connectivity index (χ3n) is 7.32. The van der Waals surface area contributed by atoms with E-state index >= 15 is 0 Å². The molecule has 2 heterocycles. The number of halogens is 1. The van der Waals surface area contributed by atoms with Crippen LogP contribution >= 0.6 is 23.4 Å². The molecule has 1 aliphatic rings. The summed E-state index contributed by atoms with van der Waals surface area (Å²) in [5.41, 5.74) is 3.75. The highest BCUT2D eigenvalue weighted by Gasteiger charge is 2.30. The van der Waals surface area contributed by atoms with Gasteiger partial charge in [-0.2, -0.15) is 0 Å². The number of unbranched alkanes of at least 4 members (excludes halogenated alkanes) is 1. The molecular weight excluding hydrogens is 554 g/mol. The van der Waals surface area contributed by atoms with Crippen LogP contribution in [0.25, 0.3) is 17.1 Å². The standard InChI is InChI=1S/C32H34ClN5O2S/c1-23-15-17-25(18-16-23)30-34-35-32(38(30)26-10-4-3-5-11-26)41-21-9-8-14-29(39)36-19-20-37(24(2)22-36)31(40)27-12-6-7-13-28(27)33/h3-7,10-13,15-18,24H,8-9,14,19-22H2,1-2H3. The van der Waals surface area contributed by atoms with Crippen molar-refractivity contribution >= 4 is 35.2 Å². The predicted octanol–water partition coefficient (Wildman–Crippen LogP) is 6.53. The van der Waals surface area contributed by atoms with E-state index in [2.05, 4.69) is 58.1 Å². The largest absolute Gasteiger partial charge is 0.339 e. The van der Waals surface area contributed by atoms with Crippen LogP contribution in [0, 0.1) is 6.92 Å². The predicted molar refractivity (Wildman–Crippen MR) is 165 cm³/mol. The van der Waals surface area contributed by atoms with Crippen LogP contribution < -0.4 is 0 Å². The molecule has 3 aromatic carbocycles. The Labute approximate surface area is 250 Å². The SMILES string of the molecule is Cc1ccc(-c2nnc(SCCCCC(=O)N3CCN(C(=O)c4ccccc4Cl)C(C)C3)n2-c2ccccc2)cc1. The third-order valence-corrected chi connectivity index (χ3v) is 8.66. The fourth-order valence-corrected chi connectivity index (χ4v) is 6.21. The number of aryl methyl sites for hydroxylation is 1. The molecule has 212 valence electrons. The van der Waals surface area contributed by atoms with E-state index < -0.39 is 0 Å². The molecule has 2 amide bonds. The second-order valence-electron chi connectivity index (χ2n) is 10.3.